The molecule has 1 aromatic heterocycles. The molecule has 0 saturated carbocycles. The number of ether oxygens (including phenoxy) is 1. The Balaban J connectivity index is 1.57. The molecule has 3 N–H and O–H groups in total. The highest BCUT2D eigenvalue weighted by Gasteiger charge is 2.27. The number of quaternary nitrogens is 1. The third-order valence-corrected chi connectivity index (χ3v) is 5.83. The number of nitrogens with one attached hydrogen (secondary N) is 3. The number of thiophene rings is 1. The fraction of sp³-hybridized carbons (Fsp3) is 0.421. The van der Waals surface area contributed by atoms with Gasteiger partial charge in [0.1, 0.15) is 19.1 Å². The summed E-state index contributed by atoms with van der Waals surface area (Å²) < 4.78 is 5.51. The van der Waals surface area contributed by atoms with Crippen LogP contribution in [0.3, 0.4) is 0 Å². The van der Waals surface area contributed by atoms with Crippen molar-refractivity contribution in [2.24, 2.45) is 0 Å². The van der Waals surface area contributed by atoms with Crippen LogP contribution in [0.1, 0.15) is 23.4 Å². The van der Waals surface area contributed by atoms with Crippen LogP contribution in [0.5, 0.6) is 0 Å². The van der Waals surface area contributed by atoms with Crippen LogP contribution in [0.25, 0.3) is 0 Å². The topological polar surface area (TPSA) is 37.7 Å². The van der Waals surface area contributed by atoms with Crippen molar-refractivity contribution in [1.82, 2.24) is 5.32 Å². The molecule has 0 radical (unpaired) electrons. The lowest BCUT2D eigenvalue weighted by Crippen LogP contribution is -3.15. The van der Waals surface area contributed by atoms with Gasteiger partial charge in [-0.3, -0.25) is 0 Å². The fourth-order valence-electron chi connectivity index (χ4n) is 3.11. The maximum Gasteiger partial charge on any atom is 0.171 e. The van der Waals surface area contributed by atoms with Gasteiger partial charge in [-0.05, 0) is 47.8 Å². The van der Waals surface area contributed by atoms with E-state index >= 15 is 0 Å². The van der Waals surface area contributed by atoms with Gasteiger partial charge in [-0.25, -0.2) is 0 Å². The molecular formula is C19H26N3OS2+. The molecule has 0 spiro atoms. The van der Waals surface area contributed by atoms with E-state index < -0.39 is 0 Å². The number of aryl methyl sites for hydroxylation is 1. The minimum Gasteiger partial charge on any atom is -0.370 e. The minimum absolute atomic E-state index is 0.408. The number of hydrogen-bond acceptors (Lipinski definition) is 3. The number of anilines is 1. The van der Waals surface area contributed by atoms with Crippen LogP contribution in [-0.4, -0.2) is 38.0 Å². The lowest BCUT2D eigenvalue weighted by molar-refractivity contribution is -0.937. The SMILES string of the molecule is CCc1ccc(NC(=S)NC[C@@H](c2cccs2)[NH+]2CCOCC2)cc1. The molecule has 1 aromatic carbocycles. The molecule has 6 heteroatoms. The van der Waals surface area contributed by atoms with Crippen molar-refractivity contribution < 1.29 is 9.64 Å². The second kappa shape index (κ2) is 9.29. The van der Waals surface area contributed by atoms with Crippen molar-refractivity contribution >= 4 is 34.4 Å². The Morgan fingerprint density at radius 2 is 2.00 bits per heavy atom. The van der Waals surface area contributed by atoms with Crippen molar-refractivity contribution in [3.05, 3.63) is 52.2 Å². The molecule has 0 amide bonds. The molecule has 2 aromatic rings. The zero-order valence-electron chi connectivity index (χ0n) is 14.6. The summed E-state index contributed by atoms with van der Waals surface area (Å²) in [7, 11) is 0. The third-order valence-electron chi connectivity index (χ3n) is 4.60. The first kappa shape index (κ1) is 18.3. The fourth-order valence-corrected chi connectivity index (χ4v) is 4.20. The van der Waals surface area contributed by atoms with E-state index in [-0.39, 0.29) is 0 Å². The Morgan fingerprint density at radius 3 is 2.64 bits per heavy atom. The van der Waals surface area contributed by atoms with Crippen molar-refractivity contribution in [2.45, 2.75) is 19.4 Å². The molecule has 1 aliphatic heterocycles. The highest BCUT2D eigenvalue weighted by molar-refractivity contribution is 7.80. The second-order valence-corrected chi connectivity index (χ2v) is 7.61. The maximum atomic E-state index is 5.51. The van der Waals surface area contributed by atoms with E-state index in [1.54, 1.807) is 4.90 Å². The number of morpholine rings is 1. The average Bonchev–Trinajstić information content (AvgIpc) is 3.18. The third kappa shape index (κ3) is 5.25. The van der Waals surface area contributed by atoms with Crippen LogP contribution in [-0.2, 0) is 11.2 Å². The van der Waals surface area contributed by atoms with E-state index in [1.807, 2.05) is 11.3 Å². The van der Waals surface area contributed by atoms with Gasteiger partial charge >= 0.3 is 0 Å². The highest BCUT2D eigenvalue weighted by atomic mass is 32.1. The van der Waals surface area contributed by atoms with Crippen LogP contribution in [0.15, 0.2) is 41.8 Å². The molecule has 134 valence electrons. The van der Waals surface area contributed by atoms with Crippen LogP contribution in [0, 0.1) is 0 Å². The minimum atomic E-state index is 0.408. The largest absolute Gasteiger partial charge is 0.370 e. The predicted octanol–water partition coefficient (Wildman–Crippen LogP) is 2.25. The van der Waals surface area contributed by atoms with E-state index in [4.69, 9.17) is 17.0 Å². The number of hydrogen-bond donors (Lipinski definition) is 3. The lowest BCUT2D eigenvalue weighted by Gasteiger charge is -2.31. The summed E-state index contributed by atoms with van der Waals surface area (Å²) in [6.07, 6.45) is 1.05. The molecule has 3 rings (SSSR count). The Morgan fingerprint density at radius 1 is 1.24 bits per heavy atom. The van der Waals surface area contributed by atoms with Crippen LogP contribution >= 0.6 is 23.6 Å². The zero-order chi connectivity index (χ0) is 17.5. The first-order chi connectivity index (χ1) is 12.3. The predicted molar refractivity (Wildman–Crippen MR) is 109 cm³/mol. The van der Waals surface area contributed by atoms with E-state index in [0.29, 0.717) is 11.2 Å². The van der Waals surface area contributed by atoms with Gasteiger partial charge in [-0.2, -0.15) is 0 Å². The Kier molecular flexibility index (Phi) is 6.81. The first-order valence-corrected chi connectivity index (χ1v) is 10.1. The van der Waals surface area contributed by atoms with E-state index in [2.05, 4.69) is 59.3 Å². The molecule has 25 heavy (non-hydrogen) atoms. The molecule has 4 nitrogen and oxygen atoms in total. The van der Waals surface area contributed by atoms with Gasteiger partial charge in [0, 0.05) is 5.69 Å². The normalized spacial score (nSPS) is 16.4. The molecule has 0 bridgehead atoms. The van der Waals surface area contributed by atoms with Crippen molar-refractivity contribution in [3.63, 3.8) is 0 Å². The van der Waals surface area contributed by atoms with E-state index in [1.165, 1.54) is 10.4 Å². The van der Waals surface area contributed by atoms with E-state index in [0.717, 1.165) is 45.0 Å². The molecule has 0 unspecified atom stereocenters. The smallest absolute Gasteiger partial charge is 0.171 e. The van der Waals surface area contributed by atoms with Gasteiger partial charge in [0.15, 0.2) is 5.11 Å². The number of benzene rings is 1. The Labute approximate surface area is 159 Å². The van der Waals surface area contributed by atoms with Crippen molar-refractivity contribution in [1.29, 1.82) is 0 Å². The molecule has 1 fully saturated rings. The summed E-state index contributed by atoms with van der Waals surface area (Å²) in [5, 5.41) is 9.52. The van der Waals surface area contributed by atoms with E-state index in [9.17, 15) is 0 Å². The summed E-state index contributed by atoms with van der Waals surface area (Å²) in [4.78, 5) is 2.97. The lowest BCUT2D eigenvalue weighted by atomic mass is 10.1. The molecule has 1 atom stereocenters. The monoisotopic (exact) mass is 376 g/mol. The first-order valence-electron chi connectivity index (χ1n) is 8.85. The van der Waals surface area contributed by atoms with Gasteiger partial charge in [0.2, 0.25) is 0 Å². The van der Waals surface area contributed by atoms with Gasteiger partial charge in [-0.1, -0.05) is 25.1 Å². The van der Waals surface area contributed by atoms with Gasteiger partial charge in [0.05, 0.1) is 24.6 Å². The Bertz CT molecular complexity index is 652. The van der Waals surface area contributed by atoms with Gasteiger partial charge in [0.25, 0.3) is 0 Å². The number of thiocarbonyl (C=S) groups is 1. The summed E-state index contributed by atoms with van der Waals surface area (Å²) in [5.74, 6) is 0. The molecule has 1 saturated heterocycles. The summed E-state index contributed by atoms with van der Waals surface area (Å²) >= 11 is 7.31. The molecule has 0 aliphatic carbocycles. The van der Waals surface area contributed by atoms with Crippen LogP contribution in [0.2, 0.25) is 0 Å². The number of rotatable bonds is 6. The standard InChI is InChI=1S/C19H25N3OS2/c1-2-15-5-7-16(8-6-15)21-19(24)20-14-17(18-4-3-13-25-18)22-9-11-23-12-10-22/h3-8,13,17H,2,9-12,14H2,1H3,(H2,20,21,24)/p+1/t17-/m0/s1. The second-order valence-electron chi connectivity index (χ2n) is 6.22. The highest BCUT2D eigenvalue weighted by Crippen LogP contribution is 2.16. The Hall–Kier alpha value is -1.47. The van der Waals surface area contributed by atoms with Gasteiger partial charge < -0.3 is 20.3 Å². The molecule has 1 aliphatic rings. The van der Waals surface area contributed by atoms with Gasteiger partial charge in [-0.15, -0.1) is 11.3 Å². The zero-order valence-corrected chi connectivity index (χ0v) is 16.2. The summed E-state index contributed by atoms with van der Waals surface area (Å²) in [5.41, 5.74) is 2.36. The van der Waals surface area contributed by atoms with Crippen molar-refractivity contribution in [3.8, 4) is 0 Å². The quantitative estimate of drug-likeness (QED) is 0.676. The average molecular weight is 377 g/mol. The van der Waals surface area contributed by atoms with Crippen molar-refractivity contribution in [2.75, 3.05) is 38.2 Å². The summed E-state index contributed by atoms with van der Waals surface area (Å²) in [6, 6.07) is 13.2. The summed E-state index contributed by atoms with van der Waals surface area (Å²) in [6.45, 7) is 6.75. The van der Waals surface area contributed by atoms with Crippen LogP contribution in [0.4, 0.5) is 5.69 Å². The molecule has 2 heterocycles. The maximum absolute atomic E-state index is 5.51. The van der Waals surface area contributed by atoms with Crippen LogP contribution < -0.4 is 15.5 Å². The molecular weight excluding hydrogens is 350 g/mol.